The van der Waals surface area contributed by atoms with Gasteiger partial charge in [0.1, 0.15) is 5.75 Å². The van der Waals surface area contributed by atoms with Gasteiger partial charge in [-0.25, -0.2) is 0 Å². The van der Waals surface area contributed by atoms with E-state index in [0.717, 1.165) is 11.3 Å². The topological polar surface area (TPSA) is 59.3 Å². The second-order valence-corrected chi connectivity index (χ2v) is 4.33. The average Bonchev–Trinajstić information content (AvgIpc) is 3.15. The van der Waals surface area contributed by atoms with Gasteiger partial charge in [-0.1, -0.05) is 12.1 Å². The van der Waals surface area contributed by atoms with Gasteiger partial charge in [-0.2, -0.15) is 5.26 Å². The van der Waals surface area contributed by atoms with E-state index in [9.17, 15) is 10.1 Å². The number of hydrogen-bond acceptors (Lipinski definition) is 4. The normalized spacial score (nSPS) is 25.1. The minimum atomic E-state index is -0.982. The summed E-state index contributed by atoms with van der Waals surface area (Å²) >= 11 is 0. The van der Waals surface area contributed by atoms with Crippen LogP contribution in [0.5, 0.6) is 5.75 Å². The summed E-state index contributed by atoms with van der Waals surface area (Å²) in [5.41, 5.74) is -0.00432. The third-order valence-electron chi connectivity index (χ3n) is 3.32. The Bertz CT molecular complexity index is 489. The molecule has 4 nitrogen and oxygen atoms in total. The van der Waals surface area contributed by atoms with Crippen LogP contribution in [-0.4, -0.2) is 19.7 Å². The highest BCUT2D eigenvalue weighted by Crippen LogP contribution is 2.59. The summed E-state index contributed by atoms with van der Waals surface area (Å²) in [5.74, 6) is 0.291. The van der Waals surface area contributed by atoms with Crippen LogP contribution in [0.3, 0.4) is 0 Å². The van der Waals surface area contributed by atoms with Crippen molar-refractivity contribution < 1.29 is 14.3 Å². The summed E-state index contributed by atoms with van der Waals surface area (Å²) in [6.45, 7) is 2.05. The van der Waals surface area contributed by atoms with Crippen LogP contribution in [0.15, 0.2) is 24.3 Å². The number of methoxy groups -OCH3 is 1. The third-order valence-corrected chi connectivity index (χ3v) is 3.32. The van der Waals surface area contributed by atoms with E-state index in [1.807, 2.05) is 24.3 Å². The second-order valence-electron chi connectivity index (χ2n) is 4.33. The van der Waals surface area contributed by atoms with Crippen LogP contribution in [0.2, 0.25) is 0 Å². The lowest BCUT2D eigenvalue weighted by molar-refractivity contribution is -0.147. The number of carbonyl (C=O) groups is 1. The highest BCUT2D eigenvalue weighted by atomic mass is 16.5. The van der Waals surface area contributed by atoms with Crippen molar-refractivity contribution in [1.82, 2.24) is 0 Å². The minimum Gasteiger partial charge on any atom is -0.497 e. The van der Waals surface area contributed by atoms with Crippen molar-refractivity contribution in [3.05, 3.63) is 29.8 Å². The Hall–Kier alpha value is -2.02. The maximum atomic E-state index is 11.8. The number of ether oxygens (including phenoxy) is 2. The van der Waals surface area contributed by atoms with E-state index in [1.54, 1.807) is 14.0 Å². The molecule has 0 N–H and O–H groups in total. The second kappa shape index (κ2) is 4.69. The zero-order valence-corrected chi connectivity index (χ0v) is 10.5. The Morgan fingerprint density at radius 1 is 1.50 bits per heavy atom. The Morgan fingerprint density at radius 3 is 2.67 bits per heavy atom. The molecular weight excluding hydrogens is 230 g/mol. The molecule has 1 fully saturated rings. The highest BCUT2D eigenvalue weighted by Gasteiger charge is 2.62. The molecule has 0 radical (unpaired) electrons. The van der Waals surface area contributed by atoms with Crippen LogP contribution < -0.4 is 4.74 Å². The largest absolute Gasteiger partial charge is 0.497 e. The van der Waals surface area contributed by atoms with Gasteiger partial charge in [0.05, 0.1) is 19.8 Å². The van der Waals surface area contributed by atoms with Crippen molar-refractivity contribution in [3.8, 4) is 11.8 Å². The Balaban J connectivity index is 2.17. The monoisotopic (exact) mass is 245 g/mol. The fraction of sp³-hybridized carbons (Fsp3) is 0.429. The molecule has 1 aromatic carbocycles. The number of hydrogen-bond donors (Lipinski definition) is 0. The van der Waals surface area contributed by atoms with Gasteiger partial charge in [-0.05, 0) is 31.0 Å². The Kier molecular flexibility index (Phi) is 3.24. The number of nitriles is 1. The Labute approximate surface area is 106 Å². The number of esters is 1. The molecule has 0 saturated heterocycles. The first-order valence-electron chi connectivity index (χ1n) is 5.90. The number of rotatable bonds is 4. The quantitative estimate of drug-likeness (QED) is 0.763. The lowest BCUT2D eigenvalue weighted by Gasteiger charge is -2.08. The lowest BCUT2D eigenvalue weighted by atomic mass is 10.0. The van der Waals surface area contributed by atoms with Crippen molar-refractivity contribution in [1.29, 1.82) is 5.26 Å². The van der Waals surface area contributed by atoms with Crippen molar-refractivity contribution in [2.24, 2.45) is 5.41 Å². The van der Waals surface area contributed by atoms with E-state index in [0.29, 0.717) is 13.0 Å². The molecule has 0 unspecified atom stereocenters. The van der Waals surface area contributed by atoms with E-state index in [1.165, 1.54) is 0 Å². The van der Waals surface area contributed by atoms with Gasteiger partial charge in [-0.15, -0.1) is 0 Å². The predicted octanol–water partition coefficient (Wildman–Crippen LogP) is 2.26. The van der Waals surface area contributed by atoms with Crippen LogP contribution >= 0.6 is 0 Å². The number of nitrogens with zero attached hydrogens (tertiary/aromatic N) is 1. The van der Waals surface area contributed by atoms with E-state index in [2.05, 4.69) is 6.07 Å². The van der Waals surface area contributed by atoms with Crippen molar-refractivity contribution >= 4 is 5.97 Å². The molecule has 0 amide bonds. The summed E-state index contributed by atoms with van der Waals surface area (Å²) in [5, 5.41) is 9.21. The molecule has 0 heterocycles. The maximum Gasteiger partial charge on any atom is 0.327 e. The van der Waals surface area contributed by atoms with Gasteiger partial charge < -0.3 is 9.47 Å². The summed E-state index contributed by atoms with van der Waals surface area (Å²) in [4.78, 5) is 11.8. The fourth-order valence-electron chi connectivity index (χ4n) is 2.16. The molecule has 1 aromatic rings. The van der Waals surface area contributed by atoms with Crippen LogP contribution in [-0.2, 0) is 9.53 Å². The SMILES string of the molecule is CCOC(=O)[C@]1(C#N)C[C@H]1c1ccc(OC)cc1. The molecular formula is C14H15NO3. The van der Waals surface area contributed by atoms with E-state index in [4.69, 9.17) is 9.47 Å². The van der Waals surface area contributed by atoms with Gasteiger partial charge in [-0.3, -0.25) is 4.79 Å². The first-order valence-corrected chi connectivity index (χ1v) is 5.90. The molecule has 2 atom stereocenters. The van der Waals surface area contributed by atoms with Crippen molar-refractivity contribution in [2.45, 2.75) is 19.3 Å². The smallest absolute Gasteiger partial charge is 0.327 e. The minimum absolute atomic E-state index is 0.0625. The molecule has 1 aliphatic rings. The van der Waals surface area contributed by atoms with Gasteiger partial charge in [0, 0.05) is 5.92 Å². The molecule has 0 aliphatic heterocycles. The molecule has 94 valence electrons. The van der Waals surface area contributed by atoms with Gasteiger partial charge in [0.15, 0.2) is 5.41 Å². The van der Waals surface area contributed by atoms with Crippen LogP contribution in [0.1, 0.15) is 24.8 Å². The van der Waals surface area contributed by atoms with Gasteiger partial charge in [0.2, 0.25) is 0 Å². The zero-order valence-electron chi connectivity index (χ0n) is 10.5. The first-order chi connectivity index (χ1) is 8.67. The number of benzene rings is 1. The van der Waals surface area contributed by atoms with Crippen molar-refractivity contribution in [2.75, 3.05) is 13.7 Å². The molecule has 1 saturated carbocycles. The first kappa shape index (κ1) is 12.4. The maximum absolute atomic E-state index is 11.8. The standard InChI is InChI=1S/C14H15NO3/c1-3-18-13(16)14(9-15)8-12(14)10-4-6-11(17-2)7-5-10/h4-7,12H,3,8H2,1-2H3/t12-,14-/m0/s1. The Morgan fingerprint density at radius 2 is 2.17 bits per heavy atom. The lowest BCUT2D eigenvalue weighted by Crippen LogP contribution is -2.19. The van der Waals surface area contributed by atoms with E-state index >= 15 is 0 Å². The fourth-order valence-corrected chi connectivity index (χ4v) is 2.16. The third kappa shape index (κ3) is 1.92. The molecule has 2 rings (SSSR count). The van der Waals surface area contributed by atoms with Crippen LogP contribution in [0, 0.1) is 16.7 Å². The number of carbonyl (C=O) groups excluding carboxylic acids is 1. The highest BCUT2D eigenvalue weighted by molar-refractivity contribution is 5.85. The van der Waals surface area contributed by atoms with E-state index < -0.39 is 11.4 Å². The molecule has 18 heavy (non-hydrogen) atoms. The van der Waals surface area contributed by atoms with Crippen LogP contribution in [0.4, 0.5) is 0 Å². The summed E-state index contributed by atoms with van der Waals surface area (Å²) in [6.07, 6.45) is 0.536. The molecule has 0 bridgehead atoms. The van der Waals surface area contributed by atoms with Crippen LogP contribution in [0.25, 0.3) is 0 Å². The molecule has 1 aliphatic carbocycles. The van der Waals surface area contributed by atoms with E-state index in [-0.39, 0.29) is 5.92 Å². The average molecular weight is 245 g/mol. The summed E-state index contributed by atoms with van der Waals surface area (Å²) < 4.78 is 10.0. The van der Waals surface area contributed by atoms with Crippen molar-refractivity contribution in [3.63, 3.8) is 0 Å². The zero-order chi connectivity index (χ0) is 13.2. The predicted molar refractivity (Wildman–Crippen MR) is 65.0 cm³/mol. The molecule has 4 heteroatoms. The summed E-state index contributed by atoms with van der Waals surface area (Å²) in [7, 11) is 1.60. The van der Waals surface area contributed by atoms with Gasteiger partial charge in [0.25, 0.3) is 0 Å². The van der Waals surface area contributed by atoms with Gasteiger partial charge >= 0.3 is 5.97 Å². The summed E-state index contributed by atoms with van der Waals surface area (Å²) in [6, 6.07) is 9.56. The molecule has 0 spiro atoms. The molecule has 0 aromatic heterocycles.